The number of carbonyl (C=O) groups excluding carboxylic acids is 1. The summed E-state index contributed by atoms with van der Waals surface area (Å²) in [5.74, 6) is 0.289. The molecule has 3 aromatic carbocycles. The molecule has 0 aliphatic heterocycles. The Morgan fingerprint density at radius 3 is 2.48 bits per heavy atom. The van der Waals surface area contributed by atoms with Crippen LogP contribution in [0.5, 0.6) is 0 Å². The molecular weight excluding hydrogens is 360 g/mol. The first-order valence-corrected chi connectivity index (χ1v) is 9.78. The Morgan fingerprint density at radius 1 is 1.00 bits per heavy atom. The normalized spacial score (nSPS) is 12.1. The number of para-hydroxylation sites is 2. The van der Waals surface area contributed by atoms with Gasteiger partial charge in [0.15, 0.2) is 0 Å². The van der Waals surface area contributed by atoms with Gasteiger partial charge in [-0.3, -0.25) is 10.1 Å². The van der Waals surface area contributed by atoms with Gasteiger partial charge in [0.25, 0.3) is 0 Å². The molecule has 0 bridgehead atoms. The Morgan fingerprint density at radius 2 is 1.69 bits per heavy atom. The Balaban J connectivity index is 1.66. The van der Waals surface area contributed by atoms with Crippen LogP contribution in [0.25, 0.3) is 22.2 Å². The predicted octanol–water partition coefficient (Wildman–Crippen LogP) is 4.23. The van der Waals surface area contributed by atoms with Crippen LogP contribution in [0.1, 0.15) is 12.5 Å². The number of nitrogens with one attached hydrogen (secondary N) is 1. The highest BCUT2D eigenvalue weighted by Gasteiger charge is 2.15. The van der Waals surface area contributed by atoms with E-state index >= 15 is 0 Å². The third-order valence-corrected chi connectivity index (χ3v) is 5.01. The average molecular weight is 384 g/mol. The van der Waals surface area contributed by atoms with E-state index in [4.69, 9.17) is 5.73 Å². The maximum absolute atomic E-state index is 12.2. The molecule has 0 saturated heterocycles. The minimum atomic E-state index is -0.595. The van der Waals surface area contributed by atoms with Crippen molar-refractivity contribution in [2.45, 2.75) is 25.9 Å². The monoisotopic (exact) mass is 384 g/mol. The minimum absolute atomic E-state index is 0.244. The molecule has 5 heteroatoms. The van der Waals surface area contributed by atoms with Gasteiger partial charge < -0.3 is 10.3 Å². The number of nitrogens with zero attached hydrogens (tertiary/aromatic N) is 2. The zero-order valence-corrected chi connectivity index (χ0v) is 16.4. The molecule has 1 atom stereocenters. The SMILES string of the molecule is C[C@H](N)C(=O)Nc1nc2ccccc2n1CCc1ccccc1-c1ccccc1. The van der Waals surface area contributed by atoms with E-state index in [0.29, 0.717) is 12.5 Å². The number of fused-ring (bicyclic) bond motifs is 1. The highest BCUT2D eigenvalue weighted by molar-refractivity contribution is 5.94. The molecule has 0 radical (unpaired) electrons. The summed E-state index contributed by atoms with van der Waals surface area (Å²) in [5, 5.41) is 2.87. The number of hydrogen-bond acceptors (Lipinski definition) is 3. The molecule has 0 aliphatic carbocycles. The van der Waals surface area contributed by atoms with Crippen molar-refractivity contribution in [1.82, 2.24) is 9.55 Å². The van der Waals surface area contributed by atoms with Crippen LogP contribution in [-0.2, 0) is 17.8 Å². The third kappa shape index (κ3) is 4.05. The Hall–Kier alpha value is -3.44. The molecule has 4 aromatic rings. The molecule has 0 unspecified atom stereocenters. The molecule has 1 amide bonds. The van der Waals surface area contributed by atoms with Gasteiger partial charge >= 0.3 is 0 Å². The van der Waals surface area contributed by atoms with E-state index in [1.165, 1.54) is 16.7 Å². The lowest BCUT2D eigenvalue weighted by Crippen LogP contribution is -2.33. The fourth-order valence-corrected chi connectivity index (χ4v) is 3.49. The van der Waals surface area contributed by atoms with Gasteiger partial charge in [-0.1, -0.05) is 66.7 Å². The van der Waals surface area contributed by atoms with Gasteiger partial charge in [0.05, 0.1) is 17.1 Å². The van der Waals surface area contributed by atoms with Crippen molar-refractivity contribution in [3.05, 3.63) is 84.4 Å². The molecule has 0 saturated carbocycles. The van der Waals surface area contributed by atoms with Gasteiger partial charge in [-0.25, -0.2) is 4.98 Å². The van der Waals surface area contributed by atoms with Crippen molar-refractivity contribution in [1.29, 1.82) is 0 Å². The molecule has 29 heavy (non-hydrogen) atoms. The molecule has 3 N–H and O–H groups in total. The minimum Gasteiger partial charge on any atom is -0.320 e. The van der Waals surface area contributed by atoms with Crippen molar-refractivity contribution < 1.29 is 4.79 Å². The van der Waals surface area contributed by atoms with Crippen LogP contribution in [0.3, 0.4) is 0 Å². The first-order chi connectivity index (χ1) is 14.1. The highest BCUT2D eigenvalue weighted by atomic mass is 16.2. The lowest BCUT2D eigenvalue weighted by atomic mass is 9.98. The standard InChI is InChI=1S/C24H24N4O/c1-17(25)23(29)27-24-26-21-13-7-8-14-22(21)28(24)16-15-19-11-5-6-12-20(19)18-9-3-2-4-10-18/h2-14,17H,15-16,25H2,1H3,(H,26,27,29)/t17-/m0/s1. The molecule has 0 fully saturated rings. The number of carbonyl (C=O) groups is 1. The largest absolute Gasteiger partial charge is 0.320 e. The van der Waals surface area contributed by atoms with E-state index in [2.05, 4.69) is 63.4 Å². The predicted molar refractivity (Wildman–Crippen MR) is 118 cm³/mol. The number of aromatic nitrogens is 2. The van der Waals surface area contributed by atoms with Crippen molar-refractivity contribution in [2.75, 3.05) is 5.32 Å². The molecule has 4 rings (SSSR count). The molecule has 146 valence electrons. The van der Waals surface area contributed by atoms with E-state index in [0.717, 1.165) is 17.5 Å². The number of amides is 1. The second-order valence-electron chi connectivity index (χ2n) is 7.13. The van der Waals surface area contributed by atoms with Gasteiger partial charge in [0, 0.05) is 6.54 Å². The Kier molecular flexibility index (Phi) is 5.40. The van der Waals surface area contributed by atoms with Crippen LogP contribution >= 0.6 is 0 Å². The van der Waals surface area contributed by atoms with Crippen LogP contribution in [0.4, 0.5) is 5.95 Å². The van der Waals surface area contributed by atoms with Gasteiger partial charge in [-0.05, 0) is 42.2 Å². The van der Waals surface area contributed by atoms with Gasteiger partial charge in [-0.2, -0.15) is 0 Å². The molecule has 0 aliphatic rings. The van der Waals surface area contributed by atoms with Crippen molar-refractivity contribution in [3.63, 3.8) is 0 Å². The lowest BCUT2D eigenvalue weighted by Gasteiger charge is -2.14. The first-order valence-electron chi connectivity index (χ1n) is 9.78. The highest BCUT2D eigenvalue weighted by Crippen LogP contribution is 2.26. The molecule has 0 spiro atoms. The van der Waals surface area contributed by atoms with Crippen LogP contribution < -0.4 is 11.1 Å². The zero-order valence-electron chi connectivity index (χ0n) is 16.4. The summed E-state index contributed by atoms with van der Waals surface area (Å²) < 4.78 is 2.05. The van der Waals surface area contributed by atoms with Crippen LogP contribution in [-0.4, -0.2) is 21.5 Å². The Labute approximate surface area is 170 Å². The molecule has 1 aromatic heterocycles. The summed E-state index contributed by atoms with van der Waals surface area (Å²) in [7, 11) is 0. The van der Waals surface area contributed by atoms with Crippen LogP contribution in [0.15, 0.2) is 78.9 Å². The van der Waals surface area contributed by atoms with Gasteiger partial charge in [0.2, 0.25) is 11.9 Å². The summed E-state index contributed by atoms with van der Waals surface area (Å²) in [6.45, 7) is 2.36. The number of hydrogen-bond donors (Lipinski definition) is 2. The number of benzene rings is 3. The van der Waals surface area contributed by atoms with Gasteiger partial charge in [-0.15, -0.1) is 0 Å². The van der Waals surface area contributed by atoms with E-state index in [9.17, 15) is 4.79 Å². The zero-order chi connectivity index (χ0) is 20.2. The Bertz CT molecular complexity index is 1130. The second kappa shape index (κ2) is 8.29. The molecular formula is C24H24N4O. The summed E-state index contributed by atoms with van der Waals surface area (Å²) in [6.07, 6.45) is 0.812. The number of aryl methyl sites for hydroxylation is 2. The quantitative estimate of drug-likeness (QED) is 0.522. The van der Waals surface area contributed by atoms with E-state index in [1.54, 1.807) is 6.92 Å². The fraction of sp³-hybridized carbons (Fsp3) is 0.167. The fourth-order valence-electron chi connectivity index (χ4n) is 3.49. The lowest BCUT2D eigenvalue weighted by molar-refractivity contribution is -0.117. The van der Waals surface area contributed by atoms with Crippen LogP contribution in [0.2, 0.25) is 0 Å². The maximum Gasteiger partial charge on any atom is 0.243 e. The van der Waals surface area contributed by atoms with Crippen molar-refractivity contribution in [2.24, 2.45) is 5.73 Å². The maximum atomic E-state index is 12.2. The average Bonchev–Trinajstić information content (AvgIpc) is 3.10. The van der Waals surface area contributed by atoms with Crippen molar-refractivity contribution >= 4 is 22.9 Å². The molecule has 1 heterocycles. The van der Waals surface area contributed by atoms with Crippen molar-refractivity contribution in [3.8, 4) is 11.1 Å². The topological polar surface area (TPSA) is 72.9 Å². The van der Waals surface area contributed by atoms with E-state index in [1.807, 2.05) is 30.3 Å². The summed E-state index contributed by atoms with van der Waals surface area (Å²) in [5.41, 5.74) is 11.2. The number of anilines is 1. The first kappa shape index (κ1) is 18.9. The van der Waals surface area contributed by atoms with E-state index in [-0.39, 0.29) is 5.91 Å². The number of rotatable bonds is 6. The number of nitrogens with two attached hydrogens (primary N) is 1. The summed E-state index contributed by atoms with van der Waals surface area (Å²) >= 11 is 0. The smallest absolute Gasteiger partial charge is 0.243 e. The summed E-state index contributed by atoms with van der Waals surface area (Å²) in [4.78, 5) is 16.8. The van der Waals surface area contributed by atoms with Gasteiger partial charge in [0.1, 0.15) is 0 Å². The number of imidazole rings is 1. The van der Waals surface area contributed by atoms with E-state index < -0.39 is 6.04 Å². The third-order valence-electron chi connectivity index (χ3n) is 5.01. The summed E-state index contributed by atoms with van der Waals surface area (Å²) in [6, 6.07) is 26.1. The molecule has 5 nitrogen and oxygen atoms in total. The second-order valence-corrected chi connectivity index (χ2v) is 7.13. The van der Waals surface area contributed by atoms with Crippen LogP contribution in [0, 0.1) is 0 Å².